The molecule has 0 radical (unpaired) electrons. The largest absolute Gasteiger partial charge is 0.469 e. The minimum atomic E-state index is -0.171. The standard InChI is InChI=1S/C15H19BrN4O3/c1-22-13(21)6-8-20-7-2-3-10(9-20)17-15-19-14-11(23-15)4-5-12(16)18-14/h4-5,10H,2-3,6-9H2,1H3,(H,17,18,19)/t10-/m1/s1. The number of nitrogens with zero attached hydrogens (tertiary/aromatic N) is 3. The molecule has 1 N–H and O–H groups in total. The number of rotatable bonds is 5. The van der Waals surface area contributed by atoms with Crippen molar-refractivity contribution >= 4 is 39.1 Å². The van der Waals surface area contributed by atoms with Gasteiger partial charge in [-0.2, -0.15) is 4.98 Å². The summed E-state index contributed by atoms with van der Waals surface area (Å²) in [6.45, 7) is 2.57. The number of anilines is 1. The van der Waals surface area contributed by atoms with Crippen LogP contribution in [0, 0.1) is 0 Å². The van der Waals surface area contributed by atoms with E-state index in [9.17, 15) is 4.79 Å². The van der Waals surface area contributed by atoms with Gasteiger partial charge in [-0.05, 0) is 47.4 Å². The molecule has 1 atom stereocenters. The lowest BCUT2D eigenvalue weighted by Gasteiger charge is -2.32. The van der Waals surface area contributed by atoms with Crippen molar-refractivity contribution in [3.63, 3.8) is 0 Å². The van der Waals surface area contributed by atoms with E-state index in [-0.39, 0.29) is 12.0 Å². The quantitative estimate of drug-likeness (QED) is 0.627. The van der Waals surface area contributed by atoms with Crippen molar-refractivity contribution in [3.8, 4) is 0 Å². The molecule has 0 saturated carbocycles. The fraction of sp³-hybridized carbons (Fsp3) is 0.533. The molecule has 0 spiro atoms. The van der Waals surface area contributed by atoms with Crippen LogP contribution in [0.3, 0.4) is 0 Å². The number of pyridine rings is 1. The fourth-order valence-electron chi connectivity index (χ4n) is 2.76. The molecular formula is C15H19BrN4O3. The highest BCUT2D eigenvalue weighted by Crippen LogP contribution is 2.21. The molecule has 0 aliphatic carbocycles. The number of carbonyl (C=O) groups excluding carboxylic acids is 1. The number of aromatic nitrogens is 2. The summed E-state index contributed by atoms with van der Waals surface area (Å²) in [6.07, 6.45) is 2.54. The Labute approximate surface area is 142 Å². The third-order valence-electron chi connectivity index (χ3n) is 3.91. The first-order valence-electron chi connectivity index (χ1n) is 7.63. The maximum Gasteiger partial charge on any atom is 0.306 e. The molecule has 2 aromatic rings. The molecule has 7 nitrogen and oxygen atoms in total. The van der Waals surface area contributed by atoms with Gasteiger partial charge in [-0.15, -0.1) is 0 Å². The Morgan fingerprint density at radius 1 is 1.52 bits per heavy atom. The van der Waals surface area contributed by atoms with Gasteiger partial charge >= 0.3 is 5.97 Å². The second-order valence-electron chi connectivity index (χ2n) is 5.58. The number of piperidine rings is 1. The van der Waals surface area contributed by atoms with Gasteiger partial charge in [-0.25, -0.2) is 4.98 Å². The summed E-state index contributed by atoms with van der Waals surface area (Å²) in [4.78, 5) is 22.2. The number of ether oxygens (including phenoxy) is 1. The molecular weight excluding hydrogens is 364 g/mol. The summed E-state index contributed by atoms with van der Waals surface area (Å²) in [5.41, 5.74) is 1.24. The third kappa shape index (κ3) is 4.20. The fourth-order valence-corrected chi connectivity index (χ4v) is 3.06. The highest BCUT2D eigenvalue weighted by atomic mass is 79.9. The van der Waals surface area contributed by atoms with Crippen molar-refractivity contribution in [1.29, 1.82) is 0 Å². The molecule has 3 heterocycles. The van der Waals surface area contributed by atoms with Crippen LogP contribution >= 0.6 is 15.9 Å². The Morgan fingerprint density at radius 2 is 2.39 bits per heavy atom. The van der Waals surface area contributed by atoms with Crippen molar-refractivity contribution in [2.24, 2.45) is 0 Å². The maximum absolute atomic E-state index is 11.3. The van der Waals surface area contributed by atoms with Crippen LogP contribution in [0.4, 0.5) is 6.01 Å². The lowest BCUT2D eigenvalue weighted by Crippen LogP contribution is -2.42. The summed E-state index contributed by atoms with van der Waals surface area (Å²) in [5.74, 6) is -0.171. The van der Waals surface area contributed by atoms with E-state index in [1.807, 2.05) is 12.1 Å². The van der Waals surface area contributed by atoms with Crippen LogP contribution in [0.25, 0.3) is 11.2 Å². The monoisotopic (exact) mass is 382 g/mol. The van der Waals surface area contributed by atoms with Crippen LogP contribution in [0.15, 0.2) is 21.2 Å². The predicted molar refractivity (Wildman–Crippen MR) is 89.2 cm³/mol. The third-order valence-corrected chi connectivity index (χ3v) is 4.35. The van der Waals surface area contributed by atoms with Crippen LogP contribution in [0.5, 0.6) is 0 Å². The van der Waals surface area contributed by atoms with Crippen molar-refractivity contribution < 1.29 is 13.9 Å². The van der Waals surface area contributed by atoms with Gasteiger partial charge < -0.3 is 19.4 Å². The number of hydrogen-bond donors (Lipinski definition) is 1. The summed E-state index contributed by atoms with van der Waals surface area (Å²) >= 11 is 3.33. The number of methoxy groups -OCH3 is 1. The number of nitrogens with one attached hydrogen (secondary N) is 1. The van der Waals surface area contributed by atoms with E-state index < -0.39 is 0 Å². The highest BCUT2D eigenvalue weighted by molar-refractivity contribution is 9.10. The van der Waals surface area contributed by atoms with Gasteiger partial charge in [0, 0.05) is 19.1 Å². The van der Waals surface area contributed by atoms with Crippen LogP contribution in [-0.4, -0.2) is 53.6 Å². The number of carbonyl (C=O) groups is 1. The molecule has 0 amide bonds. The molecule has 1 aliphatic rings. The first-order chi connectivity index (χ1) is 11.1. The topological polar surface area (TPSA) is 80.5 Å². The zero-order chi connectivity index (χ0) is 16.2. The van der Waals surface area contributed by atoms with Crippen molar-refractivity contribution in [3.05, 3.63) is 16.7 Å². The Hall–Kier alpha value is -1.67. The van der Waals surface area contributed by atoms with E-state index in [1.54, 1.807) is 0 Å². The van der Waals surface area contributed by atoms with E-state index in [4.69, 9.17) is 9.15 Å². The van der Waals surface area contributed by atoms with E-state index >= 15 is 0 Å². The van der Waals surface area contributed by atoms with Gasteiger partial charge in [0.15, 0.2) is 5.58 Å². The zero-order valence-corrected chi connectivity index (χ0v) is 14.5. The zero-order valence-electron chi connectivity index (χ0n) is 12.9. The average Bonchev–Trinajstić information content (AvgIpc) is 2.94. The minimum Gasteiger partial charge on any atom is -0.469 e. The summed E-state index contributed by atoms with van der Waals surface area (Å²) < 4.78 is 11.1. The molecule has 0 aromatic carbocycles. The van der Waals surface area contributed by atoms with Gasteiger partial charge in [0.05, 0.1) is 13.5 Å². The molecule has 0 bridgehead atoms. The molecule has 0 unspecified atom stereocenters. The molecule has 1 saturated heterocycles. The summed E-state index contributed by atoms with van der Waals surface area (Å²) in [7, 11) is 1.42. The van der Waals surface area contributed by atoms with E-state index in [0.29, 0.717) is 30.2 Å². The van der Waals surface area contributed by atoms with Crippen molar-refractivity contribution in [2.75, 3.05) is 32.1 Å². The molecule has 3 rings (SSSR count). The second-order valence-corrected chi connectivity index (χ2v) is 6.40. The maximum atomic E-state index is 11.3. The smallest absolute Gasteiger partial charge is 0.306 e. The Morgan fingerprint density at radius 3 is 3.22 bits per heavy atom. The minimum absolute atomic E-state index is 0.171. The second kappa shape index (κ2) is 7.27. The summed E-state index contributed by atoms with van der Waals surface area (Å²) in [6, 6.07) is 4.41. The summed E-state index contributed by atoms with van der Waals surface area (Å²) in [5, 5.41) is 3.33. The molecule has 2 aromatic heterocycles. The van der Waals surface area contributed by atoms with E-state index in [2.05, 4.69) is 36.1 Å². The van der Waals surface area contributed by atoms with E-state index in [0.717, 1.165) is 30.5 Å². The van der Waals surface area contributed by atoms with Gasteiger partial charge in [0.1, 0.15) is 4.60 Å². The molecule has 8 heteroatoms. The number of likely N-dealkylation sites (tertiary alicyclic amines) is 1. The SMILES string of the molecule is COC(=O)CCN1CCC[C@@H](Nc2nc3nc(Br)ccc3o2)C1. The van der Waals surface area contributed by atoms with Crippen molar-refractivity contribution in [2.45, 2.75) is 25.3 Å². The Kier molecular flexibility index (Phi) is 5.12. The highest BCUT2D eigenvalue weighted by Gasteiger charge is 2.22. The first kappa shape index (κ1) is 16.2. The molecule has 124 valence electrons. The Bertz CT molecular complexity index is 690. The van der Waals surface area contributed by atoms with Crippen LogP contribution < -0.4 is 5.32 Å². The molecule has 1 aliphatic heterocycles. The molecule has 1 fully saturated rings. The number of fused-ring (bicyclic) bond motifs is 1. The van der Waals surface area contributed by atoms with Crippen LogP contribution in [-0.2, 0) is 9.53 Å². The predicted octanol–water partition coefficient (Wildman–Crippen LogP) is 2.42. The van der Waals surface area contributed by atoms with Crippen LogP contribution in [0.2, 0.25) is 0 Å². The lowest BCUT2D eigenvalue weighted by atomic mass is 10.1. The van der Waals surface area contributed by atoms with Gasteiger partial charge in [-0.3, -0.25) is 4.79 Å². The van der Waals surface area contributed by atoms with Gasteiger partial charge in [0.2, 0.25) is 5.65 Å². The molecule has 23 heavy (non-hydrogen) atoms. The number of halogens is 1. The Balaban J connectivity index is 1.59. The normalized spacial score (nSPS) is 19.0. The lowest BCUT2D eigenvalue weighted by molar-refractivity contribution is -0.141. The van der Waals surface area contributed by atoms with Gasteiger partial charge in [-0.1, -0.05) is 0 Å². The number of oxazole rings is 1. The van der Waals surface area contributed by atoms with Gasteiger partial charge in [0.25, 0.3) is 6.01 Å². The number of hydrogen-bond acceptors (Lipinski definition) is 7. The van der Waals surface area contributed by atoms with Crippen molar-refractivity contribution in [1.82, 2.24) is 14.9 Å². The average molecular weight is 383 g/mol. The van der Waals surface area contributed by atoms with E-state index in [1.165, 1.54) is 7.11 Å². The number of esters is 1. The van der Waals surface area contributed by atoms with Crippen LogP contribution in [0.1, 0.15) is 19.3 Å². The first-order valence-corrected chi connectivity index (χ1v) is 8.42.